The first kappa shape index (κ1) is 20.0. The fourth-order valence-electron chi connectivity index (χ4n) is 3.97. The standard InChI is InChI=1S/C22H28N4O2S/c1-2-20-23-18(16-29-20)15-24-11-13-25(14-12-24)22(28)17-6-8-19(9-7-17)26-10-4-3-5-21(26)27/h6-9,16H,2-5,10-15H2,1H3. The van der Waals surface area contributed by atoms with Crippen LogP contribution in [0.1, 0.15) is 47.2 Å². The summed E-state index contributed by atoms with van der Waals surface area (Å²) in [4.78, 5) is 35.7. The lowest BCUT2D eigenvalue weighted by Gasteiger charge is -2.34. The summed E-state index contributed by atoms with van der Waals surface area (Å²) in [5.41, 5.74) is 2.72. The Kier molecular flexibility index (Phi) is 6.25. The van der Waals surface area contributed by atoms with Gasteiger partial charge in [-0.05, 0) is 43.5 Å². The summed E-state index contributed by atoms with van der Waals surface area (Å²) >= 11 is 1.73. The fourth-order valence-corrected chi connectivity index (χ4v) is 4.70. The van der Waals surface area contributed by atoms with Gasteiger partial charge in [-0.2, -0.15) is 0 Å². The van der Waals surface area contributed by atoms with Gasteiger partial charge in [0.25, 0.3) is 5.91 Å². The van der Waals surface area contributed by atoms with Crippen molar-refractivity contribution in [1.29, 1.82) is 0 Å². The Hall–Kier alpha value is -2.25. The molecule has 4 rings (SSSR count). The van der Waals surface area contributed by atoms with Crippen molar-refractivity contribution >= 4 is 28.8 Å². The molecule has 2 saturated heterocycles. The zero-order valence-electron chi connectivity index (χ0n) is 17.0. The van der Waals surface area contributed by atoms with Crippen LogP contribution < -0.4 is 4.90 Å². The molecule has 0 aliphatic carbocycles. The maximum atomic E-state index is 12.9. The molecule has 0 atom stereocenters. The first-order valence-corrected chi connectivity index (χ1v) is 11.4. The predicted molar refractivity (Wildman–Crippen MR) is 115 cm³/mol. The second-order valence-electron chi connectivity index (χ2n) is 7.70. The molecule has 0 saturated carbocycles. The number of piperazine rings is 1. The Morgan fingerprint density at radius 3 is 2.48 bits per heavy atom. The largest absolute Gasteiger partial charge is 0.336 e. The molecule has 1 aromatic heterocycles. The first-order chi connectivity index (χ1) is 14.1. The van der Waals surface area contributed by atoms with Crippen LogP contribution in [0.2, 0.25) is 0 Å². The Balaban J connectivity index is 1.31. The molecule has 0 spiro atoms. The molecular weight excluding hydrogens is 384 g/mol. The smallest absolute Gasteiger partial charge is 0.253 e. The predicted octanol–water partition coefficient (Wildman–Crippen LogP) is 3.18. The summed E-state index contributed by atoms with van der Waals surface area (Å²) in [6, 6.07) is 7.52. The number of amides is 2. The number of benzene rings is 1. The van der Waals surface area contributed by atoms with Gasteiger partial charge in [0.2, 0.25) is 5.91 Å². The molecule has 0 radical (unpaired) electrons. The molecule has 0 unspecified atom stereocenters. The molecule has 0 N–H and O–H groups in total. The Morgan fingerprint density at radius 1 is 1.07 bits per heavy atom. The van der Waals surface area contributed by atoms with Crippen molar-refractivity contribution in [3.8, 4) is 0 Å². The van der Waals surface area contributed by atoms with E-state index in [-0.39, 0.29) is 11.8 Å². The van der Waals surface area contributed by atoms with Crippen LogP contribution in [-0.2, 0) is 17.8 Å². The molecule has 2 aliphatic rings. The summed E-state index contributed by atoms with van der Waals surface area (Å²) in [5, 5.41) is 3.33. The van der Waals surface area contributed by atoms with Crippen LogP contribution >= 0.6 is 11.3 Å². The summed E-state index contributed by atoms with van der Waals surface area (Å²) in [6.07, 6.45) is 3.61. The van der Waals surface area contributed by atoms with E-state index in [1.807, 2.05) is 34.1 Å². The molecule has 29 heavy (non-hydrogen) atoms. The van der Waals surface area contributed by atoms with Gasteiger partial charge in [-0.1, -0.05) is 6.92 Å². The molecule has 2 fully saturated rings. The van der Waals surface area contributed by atoms with Crippen molar-refractivity contribution < 1.29 is 9.59 Å². The zero-order valence-corrected chi connectivity index (χ0v) is 17.8. The van der Waals surface area contributed by atoms with Crippen molar-refractivity contribution in [2.45, 2.75) is 39.2 Å². The maximum Gasteiger partial charge on any atom is 0.253 e. The maximum absolute atomic E-state index is 12.9. The molecular formula is C22H28N4O2S. The number of carbonyl (C=O) groups excluding carboxylic acids is 2. The Bertz CT molecular complexity index is 856. The summed E-state index contributed by atoms with van der Waals surface area (Å²) in [7, 11) is 0. The number of nitrogens with zero attached hydrogens (tertiary/aromatic N) is 4. The van der Waals surface area contributed by atoms with Gasteiger partial charge < -0.3 is 9.80 Å². The summed E-state index contributed by atoms with van der Waals surface area (Å²) in [5.74, 6) is 0.251. The number of aryl methyl sites for hydroxylation is 1. The molecule has 7 heteroatoms. The summed E-state index contributed by atoms with van der Waals surface area (Å²) in [6.45, 7) is 6.95. The average molecular weight is 413 g/mol. The summed E-state index contributed by atoms with van der Waals surface area (Å²) < 4.78 is 0. The average Bonchev–Trinajstić information content (AvgIpc) is 3.22. The SMILES string of the molecule is CCc1nc(CN2CCN(C(=O)c3ccc(N4CCCCC4=O)cc3)CC2)cs1. The number of thiazole rings is 1. The number of hydrogen-bond donors (Lipinski definition) is 0. The van der Waals surface area contributed by atoms with E-state index in [1.54, 1.807) is 11.3 Å². The number of carbonyl (C=O) groups is 2. The minimum absolute atomic E-state index is 0.0723. The number of anilines is 1. The number of piperidine rings is 1. The normalized spacial score (nSPS) is 18.3. The molecule has 6 nitrogen and oxygen atoms in total. The Labute approximate surface area is 176 Å². The third kappa shape index (κ3) is 4.67. The second-order valence-corrected chi connectivity index (χ2v) is 8.65. The van der Waals surface area contributed by atoms with Crippen molar-refractivity contribution in [3.63, 3.8) is 0 Å². The monoisotopic (exact) mass is 412 g/mol. The molecule has 1 aromatic carbocycles. The van der Waals surface area contributed by atoms with Crippen LogP contribution in [-0.4, -0.2) is 59.3 Å². The highest BCUT2D eigenvalue weighted by Gasteiger charge is 2.24. The van der Waals surface area contributed by atoms with E-state index in [4.69, 9.17) is 0 Å². The Morgan fingerprint density at radius 2 is 1.83 bits per heavy atom. The molecule has 2 aliphatic heterocycles. The van der Waals surface area contributed by atoms with E-state index in [0.29, 0.717) is 12.0 Å². The van der Waals surface area contributed by atoms with Gasteiger partial charge in [-0.3, -0.25) is 14.5 Å². The van der Waals surface area contributed by atoms with Crippen molar-refractivity contribution in [3.05, 3.63) is 45.9 Å². The van der Waals surface area contributed by atoms with E-state index in [1.165, 1.54) is 5.01 Å². The van der Waals surface area contributed by atoms with Crippen molar-refractivity contribution in [2.24, 2.45) is 0 Å². The van der Waals surface area contributed by atoms with Gasteiger partial charge in [0.15, 0.2) is 0 Å². The first-order valence-electron chi connectivity index (χ1n) is 10.5. The van der Waals surface area contributed by atoms with Crippen LogP contribution in [0.15, 0.2) is 29.6 Å². The van der Waals surface area contributed by atoms with E-state index >= 15 is 0 Å². The molecule has 3 heterocycles. The van der Waals surface area contributed by atoms with Gasteiger partial charge in [0, 0.05) is 62.3 Å². The quantitative estimate of drug-likeness (QED) is 0.757. The van der Waals surface area contributed by atoms with E-state index in [0.717, 1.165) is 69.9 Å². The molecule has 2 amide bonds. The highest BCUT2D eigenvalue weighted by molar-refractivity contribution is 7.09. The second kappa shape index (κ2) is 9.05. The van der Waals surface area contributed by atoms with Gasteiger partial charge in [-0.25, -0.2) is 4.98 Å². The van der Waals surface area contributed by atoms with E-state index in [2.05, 4.69) is 22.2 Å². The van der Waals surface area contributed by atoms with Gasteiger partial charge >= 0.3 is 0 Å². The number of aromatic nitrogens is 1. The van der Waals surface area contributed by atoms with E-state index < -0.39 is 0 Å². The number of hydrogen-bond acceptors (Lipinski definition) is 5. The topological polar surface area (TPSA) is 56.8 Å². The molecule has 0 bridgehead atoms. The minimum atomic E-state index is 0.0723. The zero-order chi connectivity index (χ0) is 20.2. The van der Waals surface area contributed by atoms with Crippen molar-refractivity contribution in [2.75, 3.05) is 37.6 Å². The van der Waals surface area contributed by atoms with Crippen LogP contribution in [0.4, 0.5) is 5.69 Å². The lowest BCUT2D eigenvalue weighted by atomic mass is 10.1. The van der Waals surface area contributed by atoms with Crippen LogP contribution in [0.5, 0.6) is 0 Å². The molecule has 2 aromatic rings. The lowest BCUT2D eigenvalue weighted by molar-refractivity contribution is -0.119. The van der Waals surface area contributed by atoms with Crippen LogP contribution in [0.3, 0.4) is 0 Å². The number of rotatable bonds is 5. The van der Waals surface area contributed by atoms with Crippen LogP contribution in [0, 0.1) is 0 Å². The van der Waals surface area contributed by atoms with E-state index in [9.17, 15) is 9.59 Å². The van der Waals surface area contributed by atoms with Crippen molar-refractivity contribution in [1.82, 2.24) is 14.8 Å². The third-order valence-electron chi connectivity index (χ3n) is 5.70. The van der Waals surface area contributed by atoms with Gasteiger partial charge in [-0.15, -0.1) is 11.3 Å². The minimum Gasteiger partial charge on any atom is -0.336 e. The lowest BCUT2D eigenvalue weighted by Crippen LogP contribution is -2.48. The highest BCUT2D eigenvalue weighted by atomic mass is 32.1. The van der Waals surface area contributed by atoms with Gasteiger partial charge in [0.05, 0.1) is 10.7 Å². The molecule has 154 valence electrons. The third-order valence-corrected chi connectivity index (χ3v) is 6.74. The van der Waals surface area contributed by atoms with Gasteiger partial charge in [0.1, 0.15) is 0 Å². The van der Waals surface area contributed by atoms with Crippen LogP contribution in [0.25, 0.3) is 0 Å². The highest BCUT2D eigenvalue weighted by Crippen LogP contribution is 2.22. The fraction of sp³-hybridized carbons (Fsp3) is 0.500.